The Kier molecular flexibility index (Phi) is 6.45. The van der Waals surface area contributed by atoms with Crippen molar-refractivity contribution in [2.45, 2.75) is 50.8 Å². The summed E-state index contributed by atoms with van der Waals surface area (Å²) in [5.41, 5.74) is 0.988. The van der Waals surface area contributed by atoms with E-state index >= 15 is 0 Å². The summed E-state index contributed by atoms with van der Waals surface area (Å²) in [5.74, 6) is 0.743. The molecule has 1 aliphatic heterocycles. The first kappa shape index (κ1) is 18.4. The van der Waals surface area contributed by atoms with Crippen LogP contribution in [-0.4, -0.2) is 54.2 Å². The van der Waals surface area contributed by atoms with Gasteiger partial charge < -0.3 is 20.6 Å². The minimum Gasteiger partial charge on any atom is -0.387 e. The van der Waals surface area contributed by atoms with Crippen molar-refractivity contribution in [2.75, 3.05) is 26.2 Å². The van der Waals surface area contributed by atoms with Crippen molar-refractivity contribution in [1.29, 1.82) is 0 Å². The van der Waals surface area contributed by atoms with E-state index in [-0.39, 0.29) is 11.9 Å². The van der Waals surface area contributed by atoms with Gasteiger partial charge in [0.15, 0.2) is 0 Å². The Labute approximate surface area is 150 Å². The Balaban J connectivity index is 1.33. The molecule has 1 aliphatic carbocycles. The molecule has 3 rings (SSSR count). The Hall–Kier alpha value is -1.43. The number of aliphatic hydroxyl groups excluding tert-OH is 1. The Morgan fingerprint density at radius 2 is 1.88 bits per heavy atom. The van der Waals surface area contributed by atoms with Crippen LogP contribution in [0.1, 0.15) is 44.3 Å². The van der Waals surface area contributed by atoms with Crippen LogP contribution in [0.2, 0.25) is 0 Å². The van der Waals surface area contributed by atoms with E-state index in [9.17, 15) is 9.90 Å². The first-order chi connectivity index (χ1) is 12.1. The number of carbonyl (C=O) groups is 1. The summed E-state index contributed by atoms with van der Waals surface area (Å²) in [6.07, 6.45) is 4.08. The second-order valence-electron chi connectivity index (χ2n) is 7.58. The van der Waals surface area contributed by atoms with Crippen molar-refractivity contribution < 1.29 is 9.90 Å². The molecule has 1 amide bonds. The lowest BCUT2D eigenvalue weighted by atomic mass is 9.96. The molecule has 2 aliphatic rings. The highest BCUT2D eigenvalue weighted by Gasteiger charge is 2.26. The van der Waals surface area contributed by atoms with Crippen molar-refractivity contribution in [3.05, 3.63) is 35.9 Å². The summed E-state index contributed by atoms with van der Waals surface area (Å²) in [4.78, 5) is 14.3. The minimum absolute atomic E-state index is 0.112. The van der Waals surface area contributed by atoms with E-state index in [2.05, 4.69) is 15.5 Å². The van der Waals surface area contributed by atoms with Gasteiger partial charge in [0.1, 0.15) is 0 Å². The van der Waals surface area contributed by atoms with Crippen molar-refractivity contribution in [1.82, 2.24) is 15.5 Å². The van der Waals surface area contributed by atoms with Gasteiger partial charge in [-0.2, -0.15) is 0 Å². The first-order valence-electron chi connectivity index (χ1n) is 9.61. The number of aliphatic hydroxyl groups is 1. The highest BCUT2D eigenvalue weighted by atomic mass is 16.3. The molecule has 0 spiro atoms. The third-order valence-corrected chi connectivity index (χ3v) is 5.35. The number of rotatable bonds is 8. The van der Waals surface area contributed by atoms with Crippen LogP contribution in [0.4, 0.5) is 0 Å². The van der Waals surface area contributed by atoms with Gasteiger partial charge in [0.25, 0.3) is 0 Å². The number of nitrogens with zero attached hydrogens (tertiary/aromatic N) is 1. The number of nitrogens with one attached hydrogen (secondary N) is 2. The zero-order valence-electron chi connectivity index (χ0n) is 15.2. The minimum atomic E-state index is -0.415. The lowest BCUT2D eigenvalue weighted by Crippen LogP contribution is -2.46. The SMILES string of the molecule is C[C@@H](NCC1CCN(C[C@H](O)c2ccccc2)CC1)C(=O)NC1CC1. The molecule has 5 heteroatoms. The van der Waals surface area contributed by atoms with Gasteiger partial charge in [0, 0.05) is 12.6 Å². The normalized spacial score (nSPS) is 21.7. The van der Waals surface area contributed by atoms with E-state index in [0.717, 1.165) is 50.9 Å². The van der Waals surface area contributed by atoms with Crippen LogP contribution in [0, 0.1) is 5.92 Å². The molecule has 1 saturated heterocycles. The van der Waals surface area contributed by atoms with E-state index in [4.69, 9.17) is 0 Å². The molecule has 5 nitrogen and oxygen atoms in total. The van der Waals surface area contributed by atoms with Crippen molar-refractivity contribution in [3.8, 4) is 0 Å². The molecule has 0 unspecified atom stereocenters. The zero-order chi connectivity index (χ0) is 17.6. The summed E-state index contributed by atoms with van der Waals surface area (Å²) in [5, 5.41) is 16.8. The summed E-state index contributed by atoms with van der Waals surface area (Å²) < 4.78 is 0. The van der Waals surface area contributed by atoms with Gasteiger partial charge in [0.2, 0.25) is 5.91 Å². The van der Waals surface area contributed by atoms with Crippen molar-refractivity contribution >= 4 is 5.91 Å². The van der Waals surface area contributed by atoms with Crippen LogP contribution in [-0.2, 0) is 4.79 Å². The second-order valence-corrected chi connectivity index (χ2v) is 7.58. The van der Waals surface area contributed by atoms with Crippen LogP contribution in [0.25, 0.3) is 0 Å². The molecule has 1 saturated carbocycles. The molecular formula is C20H31N3O2. The van der Waals surface area contributed by atoms with Gasteiger partial charge in [-0.3, -0.25) is 4.79 Å². The number of amides is 1. The molecule has 25 heavy (non-hydrogen) atoms. The lowest BCUT2D eigenvalue weighted by molar-refractivity contribution is -0.122. The number of β-amino-alcohol motifs (C(OH)–C–C–N with tert-alkyl or cyclic N) is 1. The first-order valence-corrected chi connectivity index (χ1v) is 9.61. The fraction of sp³-hybridized carbons (Fsp3) is 0.650. The number of hydrogen-bond donors (Lipinski definition) is 3. The fourth-order valence-electron chi connectivity index (χ4n) is 3.39. The highest BCUT2D eigenvalue weighted by molar-refractivity contribution is 5.81. The molecule has 2 atom stereocenters. The number of piperidine rings is 1. The predicted octanol–water partition coefficient (Wildman–Crippen LogP) is 1.69. The Morgan fingerprint density at radius 1 is 1.20 bits per heavy atom. The van der Waals surface area contributed by atoms with Gasteiger partial charge >= 0.3 is 0 Å². The smallest absolute Gasteiger partial charge is 0.237 e. The highest BCUT2D eigenvalue weighted by Crippen LogP contribution is 2.21. The monoisotopic (exact) mass is 345 g/mol. The maximum Gasteiger partial charge on any atom is 0.237 e. The summed E-state index contributed by atoms with van der Waals surface area (Å²) in [6, 6.07) is 10.2. The third-order valence-electron chi connectivity index (χ3n) is 5.35. The molecule has 0 aromatic heterocycles. The van der Waals surface area contributed by atoms with Crippen LogP contribution in [0.15, 0.2) is 30.3 Å². The van der Waals surface area contributed by atoms with E-state index in [1.54, 1.807) is 0 Å². The van der Waals surface area contributed by atoms with Gasteiger partial charge in [-0.15, -0.1) is 0 Å². The van der Waals surface area contributed by atoms with Crippen LogP contribution < -0.4 is 10.6 Å². The van der Waals surface area contributed by atoms with Gasteiger partial charge in [-0.1, -0.05) is 30.3 Å². The zero-order valence-corrected chi connectivity index (χ0v) is 15.2. The van der Waals surface area contributed by atoms with Crippen molar-refractivity contribution in [2.24, 2.45) is 5.92 Å². The average Bonchev–Trinajstić information content (AvgIpc) is 3.45. The predicted molar refractivity (Wildman–Crippen MR) is 99.2 cm³/mol. The second kappa shape index (κ2) is 8.79. The number of likely N-dealkylation sites (tertiary alicyclic amines) is 1. The molecule has 1 heterocycles. The standard InChI is InChI=1S/C20H31N3O2/c1-15(20(25)22-18-7-8-18)21-13-16-9-11-23(12-10-16)14-19(24)17-5-3-2-4-6-17/h2-6,15-16,18-19,21,24H,7-14H2,1H3,(H,22,25)/t15-,19+/m1/s1. The maximum atomic E-state index is 12.0. The molecule has 0 radical (unpaired) electrons. The number of benzene rings is 1. The Bertz CT molecular complexity index is 539. The lowest BCUT2D eigenvalue weighted by Gasteiger charge is -2.33. The fourth-order valence-corrected chi connectivity index (χ4v) is 3.39. The molecule has 1 aromatic rings. The average molecular weight is 345 g/mol. The van der Waals surface area contributed by atoms with Crippen molar-refractivity contribution in [3.63, 3.8) is 0 Å². The van der Waals surface area contributed by atoms with E-state index in [1.165, 1.54) is 0 Å². The number of hydrogen-bond acceptors (Lipinski definition) is 4. The van der Waals surface area contributed by atoms with E-state index < -0.39 is 6.10 Å². The molecule has 3 N–H and O–H groups in total. The topological polar surface area (TPSA) is 64.6 Å². The van der Waals surface area contributed by atoms with Gasteiger partial charge in [0.05, 0.1) is 12.1 Å². The van der Waals surface area contributed by atoms with E-state index in [1.807, 2.05) is 37.3 Å². The molecule has 0 bridgehead atoms. The van der Waals surface area contributed by atoms with Gasteiger partial charge in [-0.05, 0) is 63.7 Å². The van der Waals surface area contributed by atoms with Crippen LogP contribution in [0.5, 0.6) is 0 Å². The molecule has 1 aromatic carbocycles. The number of carbonyl (C=O) groups excluding carboxylic acids is 1. The Morgan fingerprint density at radius 3 is 2.52 bits per heavy atom. The third kappa shape index (κ3) is 5.80. The summed E-state index contributed by atoms with van der Waals surface area (Å²) in [6.45, 7) is 5.57. The largest absolute Gasteiger partial charge is 0.387 e. The van der Waals surface area contributed by atoms with Gasteiger partial charge in [-0.25, -0.2) is 0 Å². The van der Waals surface area contributed by atoms with E-state index in [0.29, 0.717) is 18.5 Å². The summed E-state index contributed by atoms with van der Waals surface area (Å²) >= 11 is 0. The van der Waals surface area contributed by atoms with Crippen LogP contribution in [0.3, 0.4) is 0 Å². The molecule has 2 fully saturated rings. The molecular weight excluding hydrogens is 314 g/mol. The van der Waals surface area contributed by atoms with Crippen LogP contribution >= 0.6 is 0 Å². The molecule has 138 valence electrons. The maximum absolute atomic E-state index is 12.0. The summed E-state index contributed by atoms with van der Waals surface area (Å²) in [7, 11) is 0. The quantitative estimate of drug-likeness (QED) is 0.671.